The van der Waals surface area contributed by atoms with Crippen molar-refractivity contribution in [3.63, 3.8) is 0 Å². The number of nitrogens with zero attached hydrogens (tertiary/aromatic N) is 4. The van der Waals surface area contributed by atoms with E-state index in [2.05, 4.69) is 14.8 Å². The van der Waals surface area contributed by atoms with Gasteiger partial charge in [0, 0.05) is 51.0 Å². The molecule has 0 spiro atoms. The van der Waals surface area contributed by atoms with Gasteiger partial charge in [0.05, 0.1) is 5.56 Å². The molecule has 16 heteroatoms. The second-order valence-corrected chi connectivity index (χ2v) is 9.30. The summed E-state index contributed by atoms with van der Waals surface area (Å²) in [5.74, 6) is -4.94. The number of halogens is 6. The molecule has 0 radical (unpaired) electrons. The van der Waals surface area contributed by atoms with Crippen LogP contribution in [-0.4, -0.2) is 112 Å². The topological polar surface area (TPSA) is 131 Å². The predicted octanol–water partition coefficient (Wildman–Crippen LogP) is 2.67. The Kier molecular flexibility index (Phi) is 11.7. The number of likely N-dealkylation sites (N-methyl/N-ethyl adjacent to an activating group) is 1. The Morgan fingerprint density at radius 3 is 1.95 bits per heavy atom. The van der Waals surface area contributed by atoms with Crippen LogP contribution in [0.3, 0.4) is 0 Å². The molecule has 0 aliphatic carbocycles. The van der Waals surface area contributed by atoms with E-state index in [1.165, 1.54) is 0 Å². The molecule has 0 aromatic carbocycles. The van der Waals surface area contributed by atoms with Crippen molar-refractivity contribution < 1.29 is 55.7 Å². The number of hydrogen-bond acceptors (Lipinski definition) is 6. The molecule has 2 N–H and O–H groups in total. The number of aromatic nitrogens is 1. The van der Waals surface area contributed by atoms with Gasteiger partial charge in [-0.2, -0.15) is 26.3 Å². The van der Waals surface area contributed by atoms with Gasteiger partial charge in [0.1, 0.15) is 0 Å². The van der Waals surface area contributed by atoms with Crippen LogP contribution in [0.4, 0.5) is 26.3 Å². The summed E-state index contributed by atoms with van der Waals surface area (Å²) in [6.07, 6.45) is -4.93. The number of rotatable bonds is 3. The van der Waals surface area contributed by atoms with Crippen molar-refractivity contribution in [3.8, 4) is 0 Å². The largest absolute Gasteiger partial charge is 0.490 e. The fourth-order valence-corrected chi connectivity index (χ4v) is 4.47. The van der Waals surface area contributed by atoms with Crippen molar-refractivity contribution in [1.29, 1.82) is 0 Å². The minimum atomic E-state index is -5.08. The Balaban J connectivity index is 0.000000449. The van der Waals surface area contributed by atoms with Gasteiger partial charge in [-0.15, -0.1) is 0 Å². The lowest BCUT2D eigenvalue weighted by molar-refractivity contribution is -0.193. The van der Waals surface area contributed by atoms with Crippen LogP contribution in [0.5, 0.6) is 0 Å². The van der Waals surface area contributed by atoms with Gasteiger partial charge in [-0.3, -0.25) is 14.6 Å². The molecule has 3 heterocycles. The highest BCUT2D eigenvalue weighted by Gasteiger charge is 2.46. The Labute approximate surface area is 220 Å². The molecule has 3 rings (SSSR count). The Morgan fingerprint density at radius 2 is 1.54 bits per heavy atom. The molecule has 2 fully saturated rings. The standard InChI is InChI=1S/C19H28N4O2.2C2HF3O2/c1-13-7-15(10-20-9-13)19(25)22-6-5-18-16(11-22)8-17(12-21(3)4)23(18)14(2)24;2*3-2(4,5)1(6)7/h7,9-10,16-18H,5-6,8,11-12H2,1-4H3;2*(H,6,7)/t16-,17+,18+;;/m1../s1. The average molecular weight is 573 g/mol. The number of hydrogen-bond donors (Lipinski definition) is 2. The van der Waals surface area contributed by atoms with E-state index in [9.17, 15) is 35.9 Å². The number of piperidine rings is 1. The van der Waals surface area contributed by atoms with Crippen LogP contribution in [0, 0.1) is 12.8 Å². The van der Waals surface area contributed by atoms with E-state index in [0.717, 1.165) is 31.5 Å². The molecule has 2 amide bonds. The van der Waals surface area contributed by atoms with Gasteiger partial charge in [-0.05, 0) is 51.4 Å². The number of carboxylic acid groups (broad SMARTS) is 2. The van der Waals surface area contributed by atoms with Crippen LogP contribution >= 0.6 is 0 Å². The number of aliphatic carboxylic acids is 2. The van der Waals surface area contributed by atoms with Crippen LogP contribution in [0.2, 0.25) is 0 Å². The van der Waals surface area contributed by atoms with Crippen molar-refractivity contribution >= 4 is 23.8 Å². The smallest absolute Gasteiger partial charge is 0.475 e. The number of fused-ring (bicyclic) bond motifs is 1. The zero-order chi connectivity index (χ0) is 30.3. The normalized spacial score (nSPS) is 20.7. The fraction of sp³-hybridized carbons (Fsp3) is 0.609. The number of carbonyl (C=O) groups excluding carboxylic acids is 2. The maximum absolute atomic E-state index is 12.8. The number of amides is 2. The molecule has 10 nitrogen and oxygen atoms in total. The number of pyridine rings is 1. The Morgan fingerprint density at radius 1 is 1.03 bits per heavy atom. The predicted molar refractivity (Wildman–Crippen MR) is 124 cm³/mol. The monoisotopic (exact) mass is 572 g/mol. The summed E-state index contributed by atoms with van der Waals surface area (Å²) in [7, 11) is 4.09. The van der Waals surface area contributed by atoms with E-state index >= 15 is 0 Å². The molecule has 2 aliphatic rings. The highest BCUT2D eigenvalue weighted by atomic mass is 19.4. The molecule has 0 bridgehead atoms. The number of aryl methyl sites for hydroxylation is 1. The van der Waals surface area contributed by atoms with E-state index < -0.39 is 24.3 Å². The Hall–Kier alpha value is -3.43. The van der Waals surface area contributed by atoms with E-state index in [0.29, 0.717) is 18.0 Å². The third-order valence-electron chi connectivity index (χ3n) is 5.85. The van der Waals surface area contributed by atoms with Crippen LogP contribution in [0.25, 0.3) is 0 Å². The van der Waals surface area contributed by atoms with Crippen molar-refractivity contribution in [1.82, 2.24) is 19.7 Å². The van der Waals surface area contributed by atoms with Crippen molar-refractivity contribution in [2.75, 3.05) is 33.7 Å². The SMILES string of the molecule is CC(=O)N1[C@H](CN(C)C)C[C@@H]2CN(C(=O)c3cncc(C)c3)CC[C@@H]21.O=C(O)C(F)(F)F.O=C(O)C(F)(F)F. The molecule has 2 saturated heterocycles. The van der Waals surface area contributed by atoms with E-state index in [4.69, 9.17) is 19.8 Å². The third kappa shape index (κ3) is 10.3. The van der Waals surface area contributed by atoms with E-state index in [1.54, 1.807) is 19.3 Å². The van der Waals surface area contributed by atoms with Crippen LogP contribution in [0.1, 0.15) is 35.7 Å². The number of alkyl halides is 6. The summed E-state index contributed by atoms with van der Waals surface area (Å²) in [6, 6.07) is 2.41. The first kappa shape index (κ1) is 33.6. The first-order chi connectivity index (χ1) is 17.7. The molecule has 2 aliphatic heterocycles. The lowest BCUT2D eigenvalue weighted by Crippen LogP contribution is -2.50. The Bertz CT molecular complexity index is 1010. The van der Waals surface area contributed by atoms with E-state index in [-0.39, 0.29) is 23.9 Å². The van der Waals surface area contributed by atoms with Gasteiger partial charge < -0.3 is 24.9 Å². The zero-order valence-electron chi connectivity index (χ0n) is 21.6. The minimum Gasteiger partial charge on any atom is -0.475 e. The maximum Gasteiger partial charge on any atom is 0.490 e. The fourth-order valence-electron chi connectivity index (χ4n) is 4.47. The molecule has 1 aromatic rings. The molecule has 220 valence electrons. The maximum atomic E-state index is 12.8. The van der Waals surface area contributed by atoms with E-state index in [1.807, 2.05) is 32.0 Å². The van der Waals surface area contributed by atoms with Gasteiger partial charge in [0.25, 0.3) is 5.91 Å². The summed E-state index contributed by atoms with van der Waals surface area (Å²) in [4.78, 5) is 53.1. The summed E-state index contributed by atoms with van der Waals surface area (Å²) in [5.41, 5.74) is 1.65. The molecule has 1 aromatic heterocycles. The highest BCUT2D eigenvalue weighted by Crippen LogP contribution is 2.36. The summed E-state index contributed by atoms with van der Waals surface area (Å²) in [5, 5.41) is 14.2. The quantitative estimate of drug-likeness (QED) is 0.529. The third-order valence-corrected chi connectivity index (χ3v) is 5.85. The summed E-state index contributed by atoms with van der Waals surface area (Å²) < 4.78 is 63.5. The lowest BCUT2D eigenvalue weighted by Gasteiger charge is -2.38. The van der Waals surface area contributed by atoms with Gasteiger partial charge in [-0.1, -0.05) is 0 Å². The van der Waals surface area contributed by atoms with Crippen molar-refractivity contribution in [2.24, 2.45) is 5.92 Å². The first-order valence-electron chi connectivity index (χ1n) is 11.5. The minimum absolute atomic E-state index is 0.0556. The molecular formula is C23H30F6N4O6. The number of carbonyl (C=O) groups is 4. The first-order valence-corrected chi connectivity index (χ1v) is 11.5. The van der Waals surface area contributed by atoms with Gasteiger partial charge in [0.15, 0.2) is 0 Å². The van der Waals surface area contributed by atoms with Crippen LogP contribution in [-0.2, 0) is 14.4 Å². The van der Waals surface area contributed by atoms with Crippen LogP contribution in [0.15, 0.2) is 18.5 Å². The van der Waals surface area contributed by atoms with Gasteiger partial charge in [0.2, 0.25) is 5.91 Å². The number of likely N-dealkylation sites (tertiary alicyclic amines) is 2. The second kappa shape index (κ2) is 13.6. The molecule has 39 heavy (non-hydrogen) atoms. The number of carboxylic acids is 2. The molecule has 0 saturated carbocycles. The second-order valence-electron chi connectivity index (χ2n) is 9.30. The van der Waals surface area contributed by atoms with Gasteiger partial charge in [-0.25, -0.2) is 9.59 Å². The zero-order valence-corrected chi connectivity index (χ0v) is 21.6. The van der Waals surface area contributed by atoms with Crippen molar-refractivity contribution in [2.45, 2.75) is 51.1 Å². The molecular weight excluding hydrogens is 542 g/mol. The van der Waals surface area contributed by atoms with Crippen LogP contribution < -0.4 is 0 Å². The highest BCUT2D eigenvalue weighted by molar-refractivity contribution is 5.94. The summed E-state index contributed by atoms with van der Waals surface area (Å²) in [6.45, 7) is 5.92. The molecule has 3 atom stereocenters. The van der Waals surface area contributed by atoms with Gasteiger partial charge >= 0.3 is 24.3 Å². The molecule has 0 unspecified atom stereocenters. The summed E-state index contributed by atoms with van der Waals surface area (Å²) >= 11 is 0. The lowest BCUT2D eigenvalue weighted by atomic mass is 9.91. The van der Waals surface area contributed by atoms with Crippen molar-refractivity contribution in [3.05, 3.63) is 29.6 Å². The average Bonchev–Trinajstić information content (AvgIpc) is 3.14.